The third-order valence-electron chi connectivity index (χ3n) is 3.71. The van der Waals surface area contributed by atoms with Crippen LogP contribution >= 0.6 is 0 Å². The van der Waals surface area contributed by atoms with Crippen molar-refractivity contribution >= 4 is 5.97 Å². The highest BCUT2D eigenvalue weighted by Gasteiger charge is 2.16. The second kappa shape index (κ2) is 8.29. The van der Waals surface area contributed by atoms with Gasteiger partial charge in [0.2, 0.25) is 0 Å². The average molecular weight is 314 g/mol. The molecule has 0 radical (unpaired) electrons. The number of carbonyl (C=O) groups is 1. The fraction of sp³-hybridized carbons (Fsp3) is 0.333. The van der Waals surface area contributed by atoms with Gasteiger partial charge in [-0.1, -0.05) is 19.4 Å². The number of pyridine rings is 1. The Morgan fingerprint density at radius 3 is 2.61 bits per heavy atom. The van der Waals surface area contributed by atoms with Crippen LogP contribution in [0.25, 0.3) is 11.1 Å². The SMILES string of the molecule is CCCC(NCc1cc(-c2ccncc2)ccc1OC)C(=O)O. The lowest BCUT2D eigenvalue weighted by Gasteiger charge is -2.16. The zero-order valence-electron chi connectivity index (χ0n) is 13.5. The minimum Gasteiger partial charge on any atom is -0.496 e. The molecule has 2 N–H and O–H groups in total. The first-order valence-corrected chi connectivity index (χ1v) is 7.69. The van der Waals surface area contributed by atoms with Crippen LogP contribution in [0.4, 0.5) is 0 Å². The maximum atomic E-state index is 11.3. The predicted molar refractivity (Wildman–Crippen MR) is 89.4 cm³/mol. The number of aliphatic carboxylic acids is 1. The smallest absolute Gasteiger partial charge is 0.320 e. The Labute approximate surface area is 136 Å². The molecule has 0 saturated carbocycles. The zero-order chi connectivity index (χ0) is 16.7. The summed E-state index contributed by atoms with van der Waals surface area (Å²) in [5.74, 6) is -0.0768. The first-order valence-electron chi connectivity index (χ1n) is 7.69. The van der Waals surface area contributed by atoms with Crippen LogP contribution in [0.5, 0.6) is 5.75 Å². The summed E-state index contributed by atoms with van der Waals surface area (Å²) in [6.45, 7) is 2.42. The van der Waals surface area contributed by atoms with Gasteiger partial charge in [-0.2, -0.15) is 0 Å². The van der Waals surface area contributed by atoms with Crippen LogP contribution in [0.3, 0.4) is 0 Å². The second-order valence-electron chi connectivity index (χ2n) is 5.32. The van der Waals surface area contributed by atoms with Gasteiger partial charge < -0.3 is 15.2 Å². The van der Waals surface area contributed by atoms with Gasteiger partial charge in [-0.3, -0.25) is 9.78 Å². The fourth-order valence-corrected chi connectivity index (χ4v) is 2.48. The van der Waals surface area contributed by atoms with Crippen molar-refractivity contribution in [3.8, 4) is 16.9 Å². The van der Waals surface area contributed by atoms with Crippen molar-refractivity contribution in [1.82, 2.24) is 10.3 Å². The van der Waals surface area contributed by atoms with E-state index < -0.39 is 12.0 Å². The summed E-state index contributed by atoms with van der Waals surface area (Å²) in [6.07, 6.45) is 4.91. The number of nitrogens with zero attached hydrogens (tertiary/aromatic N) is 1. The van der Waals surface area contributed by atoms with Gasteiger partial charge in [0.1, 0.15) is 11.8 Å². The molecule has 23 heavy (non-hydrogen) atoms. The third kappa shape index (κ3) is 4.53. The summed E-state index contributed by atoms with van der Waals surface area (Å²) in [7, 11) is 1.62. The van der Waals surface area contributed by atoms with E-state index in [9.17, 15) is 9.90 Å². The van der Waals surface area contributed by atoms with Crippen LogP contribution in [0.2, 0.25) is 0 Å². The number of carboxylic acid groups (broad SMARTS) is 1. The highest BCUT2D eigenvalue weighted by molar-refractivity contribution is 5.73. The largest absolute Gasteiger partial charge is 0.496 e. The quantitative estimate of drug-likeness (QED) is 0.783. The average Bonchev–Trinajstić information content (AvgIpc) is 2.58. The van der Waals surface area contributed by atoms with Gasteiger partial charge in [0.05, 0.1) is 7.11 Å². The molecule has 0 amide bonds. The van der Waals surface area contributed by atoms with E-state index in [0.29, 0.717) is 13.0 Å². The Morgan fingerprint density at radius 2 is 2.00 bits per heavy atom. The van der Waals surface area contributed by atoms with Crippen molar-refractivity contribution < 1.29 is 14.6 Å². The Morgan fingerprint density at radius 1 is 1.26 bits per heavy atom. The number of benzene rings is 1. The van der Waals surface area contributed by atoms with Crippen molar-refractivity contribution in [3.05, 3.63) is 48.3 Å². The predicted octanol–water partition coefficient (Wildman–Crippen LogP) is 3.10. The number of hydrogen-bond donors (Lipinski definition) is 2. The van der Waals surface area contributed by atoms with Crippen molar-refractivity contribution in [1.29, 1.82) is 0 Å². The lowest BCUT2D eigenvalue weighted by Crippen LogP contribution is -2.36. The lowest BCUT2D eigenvalue weighted by atomic mass is 10.0. The molecule has 2 rings (SSSR count). The van der Waals surface area contributed by atoms with Crippen molar-refractivity contribution in [3.63, 3.8) is 0 Å². The molecule has 1 heterocycles. The van der Waals surface area contributed by atoms with E-state index in [1.807, 2.05) is 37.3 Å². The number of aromatic nitrogens is 1. The summed E-state index contributed by atoms with van der Waals surface area (Å²) in [6, 6.07) is 9.24. The molecule has 0 fully saturated rings. The molecular formula is C18H22N2O3. The number of methoxy groups -OCH3 is 1. The second-order valence-corrected chi connectivity index (χ2v) is 5.32. The van der Waals surface area contributed by atoms with Gasteiger partial charge in [-0.05, 0) is 41.8 Å². The van der Waals surface area contributed by atoms with Crippen molar-refractivity contribution in [2.24, 2.45) is 0 Å². The standard InChI is InChI=1S/C18H22N2O3/c1-3-4-16(18(21)22)20-12-15-11-14(5-6-17(15)23-2)13-7-9-19-10-8-13/h5-11,16,20H,3-4,12H2,1-2H3,(H,21,22). The summed E-state index contributed by atoms with van der Waals surface area (Å²) in [5.41, 5.74) is 3.05. The lowest BCUT2D eigenvalue weighted by molar-refractivity contribution is -0.139. The molecule has 1 aromatic carbocycles. The van der Waals surface area contributed by atoms with E-state index in [1.54, 1.807) is 19.5 Å². The number of hydrogen-bond acceptors (Lipinski definition) is 4. The Kier molecular flexibility index (Phi) is 6.11. The van der Waals surface area contributed by atoms with Crippen LogP contribution in [0.1, 0.15) is 25.3 Å². The van der Waals surface area contributed by atoms with Crippen LogP contribution in [-0.2, 0) is 11.3 Å². The number of carboxylic acids is 1. The van der Waals surface area contributed by atoms with Gasteiger partial charge in [0.25, 0.3) is 0 Å². The van der Waals surface area contributed by atoms with Gasteiger partial charge in [0, 0.05) is 24.5 Å². The molecule has 2 aromatic rings. The fourth-order valence-electron chi connectivity index (χ4n) is 2.48. The van der Waals surface area contributed by atoms with E-state index in [0.717, 1.165) is 28.9 Å². The van der Waals surface area contributed by atoms with Crippen LogP contribution < -0.4 is 10.1 Å². The monoisotopic (exact) mass is 314 g/mol. The molecule has 1 atom stereocenters. The first kappa shape index (κ1) is 17.0. The molecule has 0 bridgehead atoms. The summed E-state index contributed by atoms with van der Waals surface area (Å²) >= 11 is 0. The molecule has 0 aliphatic carbocycles. The maximum absolute atomic E-state index is 11.3. The molecule has 122 valence electrons. The molecule has 5 nitrogen and oxygen atoms in total. The minimum atomic E-state index is -0.823. The van der Waals surface area contributed by atoms with E-state index >= 15 is 0 Å². The van der Waals surface area contributed by atoms with Crippen molar-refractivity contribution in [2.45, 2.75) is 32.4 Å². The van der Waals surface area contributed by atoms with Crippen LogP contribution in [-0.4, -0.2) is 29.2 Å². The first-order chi connectivity index (χ1) is 11.2. The van der Waals surface area contributed by atoms with Gasteiger partial charge in [-0.25, -0.2) is 0 Å². The highest BCUT2D eigenvalue weighted by atomic mass is 16.5. The molecule has 5 heteroatoms. The van der Waals surface area contributed by atoms with Gasteiger partial charge in [-0.15, -0.1) is 0 Å². The van der Waals surface area contributed by atoms with Crippen LogP contribution in [0, 0.1) is 0 Å². The Balaban J connectivity index is 2.21. The highest BCUT2D eigenvalue weighted by Crippen LogP contribution is 2.26. The number of ether oxygens (including phenoxy) is 1. The molecule has 0 aliphatic rings. The van der Waals surface area contributed by atoms with E-state index in [4.69, 9.17) is 4.74 Å². The van der Waals surface area contributed by atoms with E-state index in [-0.39, 0.29) is 0 Å². The van der Waals surface area contributed by atoms with Gasteiger partial charge in [0.15, 0.2) is 0 Å². The molecule has 0 aliphatic heterocycles. The summed E-state index contributed by atoms with van der Waals surface area (Å²) in [5, 5.41) is 12.3. The molecule has 0 saturated heterocycles. The van der Waals surface area contributed by atoms with E-state index in [2.05, 4.69) is 10.3 Å². The normalized spacial score (nSPS) is 11.9. The Bertz CT molecular complexity index is 644. The maximum Gasteiger partial charge on any atom is 0.320 e. The van der Waals surface area contributed by atoms with Crippen molar-refractivity contribution in [2.75, 3.05) is 7.11 Å². The van der Waals surface area contributed by atoms with Crippen LogP contribution in [0.15, 0.2) is 42.7 Å². The molecular weight excluding hydrogens is 292 g/mol. The zero-order valence-corrected chi connectivity index (χ0v) is 13.5. The number of nitrogens with one attached hydrogen (secondary N) is 1. The topological polar surface area (TPSA) is 71.5 Å². The number of rotatable bonds is 8. The molecule has 0 spiro atoms. The van der Waals surface area contributed by atoms with E-state index in [1.165, 1.54) is 0 Å². The summed E-state index contributed by atoms with van der Waals surface area (Å²) < 4.78 is 5.39. The molecule has 1 aromatic heterocycles. The molecule has 1 unspecified atom stereocenters. The third-order valence-corrected chi connectivity index (χ3v) is 3.71. The Hall–Kier alpha value is -2.40. The van der Waals surface area contributed by atoms with Gasteiger partial charge >= 0.3 is 5.97 Å². The minimum absolute atomic E-state index is 0.444. The summed E-state index contributed by atoms with van der Waals surface area (Å²) in [4.78, 5) is 15.3.